The Bertz CT molecular complexity index is 139. The molecule has 0 amide bonds. The van der Waals surface area contributed by atoms with Crippen LogP contribution in [0.25, 0.3) is 0 Å². The molecular formula is C8H12F2. The lowest BCUT2D eigenvalue weighted by atomic mass is 10.2. The molecule has 0 N–H and O–H groups in total. The Morgan fingerprint density at radius 1 is 1.30 bits per heavy atom. The molecule has 0 unspecified atom stereocenters. The Morgan fingerprint density at radius 3 is 2.30 bits per heavy atom. The summed E-state index contributed by atoms with van der Waals surface area (Å²) in [6.45, 7) is 3.35. The maximum atomic E-state index is 12.3. The third kappa shape index (κ3) is 4.31. The van der Waals surface area contributed by atoms with Crippen molar-refractivity contribution >= 4 is 0 Å². The van der Waals surface area contributed by atoms with E-state index in [9.17, 15) is 8.78 Å². The van der Waals surface area contributed by atoms with Gasteiger partial charge in [0.05, 0.1) is 0 Å². The highest BCUT2D eigenvalue weighted by atomic mass is 19.3. The smallest absolute Gasteiger partial charge is 0.192 e. The van der Waals surface area contributed by atoms with E-state index in [0.29, 0.717) is 6.42 Å². The van der Waals surface area contributed by atoms with Crippen LogP contribution in [-0.2, 0) is 0 Å². The summed E-state index contributed by atoms with van der Waals surface area (Å²) >= 11 is 0. The highest BCUT2D eigenvalue weighted by molar-refractivity contribution is 5.08. The van der Waals surface area contributed by atoms with E-state index < -0.39 is 5.92 Å². The molecule has 0 aromatic carbocycles. The first-order chi connectivity index (χ1) is 4.62. The van der Waals surface area contributed by atoms with Crippen molar-refractivity contribution in [2.24, 2.45) is 0 Å². The SMILES string of the molecule is CCCC#CC(F)(F)CC. The Morgan fingerprint density at radius 2 is 1.90 bits per heavy atom. The van der Waals surface area contributed by atoms with E-state index in [0.717, 1.165) is 6.42 Å². The molecule has 0 radical (unpaired) electrons. The maximum Gasteiger partial charge on any atom is 0.307 e. The van der Waals surface area contributed by atoms with Crippen LogP contribution < -0.4 is 0 Å². The first kappa shape index (κ1) is 9.42. The molecule has 0 aliphatic rings. The minimum Gasteiger partial charge on any atom is -0.192 e. The summed E-state index contributed by atoms with van der Waals surface area (Å²) in [5.74, 6) is 1.58. The highest BCUT2D eigenvalue weighted by Gasteiger charge is 2.21. The summed E-state index contributed by atoms with van der Waals surface area (Å²) in [6.07, 6.45) is 1.21. The molecule has 0 spiro atoms. The molecule has 2 heteroatoms. The van der Waals surface area contributed by atoms with Gasteiger partial charge < -0.3 is 0 Å². The molecular weight excluding hydrogens is 134 g/mol. The number of halogens is 2. The molecule has 10 heavy (non-hydrogen) atoms. The van der Waals surface area contributed by atoms with Crippen molar-refractivity contribution in [3.05, 3.63) is 0 Å². The molecule has 0 rings (SSSR count). The first-order valence-corrected chi connectivity index (χ1v) is 3.50. The molecule has 0 nitrogen and oxygen atoms in total. The second-order valence-corrected chi connectivity index (χ2v) is 2.11. The second kappa shape index (κ2) is 4.27. The van der Waals surface area contributed by atoms with E-state index in [1.54, 1.807) is 0 Å². The summed E-state index contributed by atoms with van der Waals surface area (Å²) < 4.78 is 24.6. The van der Waals surface area contributed by atoms with Gasteiger partial charge in [0.1, 0.15) is 0 Å². The Balaban J connectivity index is 3.77. The van der Waals surface area contributed by atoms with Crippen LogP contribution in [0.4, 0.5) is 8.78 Å². The molecule has 0 saturated carbocycles. The zero-order valence-corrected chi connectivity index (χ0v) is 6.38. The van der Waals surface area contributed by atoms with Crippen LogP contribution >= 0.6 is 0 Å². The van der Waals surface area contributed by atoms with Crippen molar-refractivity contribution < 1.29 is 8.78 Å². The van der Waals surface area contributed by atoms with Gasteiger partial charge in [0, 0.05) is 12.8 Å². The van der Waals surface area contributed by atoms with Gasteiger partial charge in [-0.15, -0.1) is 0 Å². The monoisotopic (exact) mass is 146 g/mol. The van der Waals surface area contributed by atoms with Gasteiger partial charge in [0.25, 0.3) is 0 Å². The van der Waals surface area contributed by atoms with Crippen molar-refractivity contribution in [1.29, 1.82) is 0 Å². The summed E-state index contributed by atoms with van der Waals surface area (Å²) in [5.41, 5.74) is 0. The van der Waals surface area contributed by atoms with Gasteiger partial charge in [-0.1, -0.05) is 19.8 Å². The predicted molar refractivity (Wildman–Crippen MR) is 37.9 cm³/mol. The Hall–Kier alpha value is -0.580. The predicted octanol–water partition coefficient (Wildman–Crippen LogP) is 2.84. The molecule has 0 heterocycles. The minimum absolute atomic E-state index is 0.191. The Labute approximate surface area is 60.6 Å². The van der Waals surface area contributed by atoms with Gasteiger partial charge in [-0.05, 0) is 12.3 Å². The Kier molecular flexibility index (Phi) is 4.02. The van der Waals surface area contributed by atoms with Crippen LogP contribution in [0.1, 0.15) is 33.1 Å². The third-order valence-electron chi connectivity index (χ3n) is 1.09. The summed E-state index contributed by atoms with van der Waals surface area (Å²) in [6, 6.07) is 0. The first-order valence-electron chi connectivity index (χ1n) is 3.50. The van der Waals surface area contributed by atoms with E-state index in [-0.39, 0.29) is 6.42 Å². The lowest BCUT2D eigenvalue weighted by Gasteiger charge is -2.02. The standard InChI is InChI=1S/C8H12F2/c1-3-5-6-7-8(9,10)4-2/h3-5H2,1-2H3. The highest BCUT2D eigenvalue weighted by Crippen LogP contribution is 2.15. The van der Waals surface area contributed by atoms with Crippen molar-refractivity contribution in [3.63, 3.8) is 0 Å². The molecule has 0 atom stereocenters. The van der Waals surface area contributed by atoms with E-state index in [1.165, 1.54) is 6.92 Å². The summed E-state index contributed by atoms with van der Waals surface area (Å²) in [5, 5.41) is 0. The normalized spacial score (nSPS) is 10.4. The largest absolute Gasteiger partial charge is 0.307 e. The average molecular weight is 146 g/mol. The number of alkyl halides is 2. The van der Waals surface area contributed by atoms with Gasteiger partial charge in [-0.2, -0.15) is 8.78 Å². The van der Waals surface area contributed by atoms with Gasteiger partial charge >= 0.3 is 5.92 Å². The lowest BCUT2D eigenvalue weighted by Crippen LogP contribution is -2.09. The molecule has 0 bridgehead atoms. The zero-order valence-electron chi connectivity index (χ0n) is 6.38. The van der Waals surface area contributed by atoms with Crippen LogP contribution in [0.2, 0.25) is 0 Å². The number of hydrogen-bond acceptors (Lipinski definition) is 0. The summed E-state index contributed by atoms with van der Waals surface area (Å²) in [4.78, 5) is 0. The molecule has 0 saturated heterocycles. The van der Waals surface area contributed by atoms with Crippen LogP contribution in [0.3, 0.4) is 0 Å². The van der Waals surface area contributed by atoms with Crippen molar-refractivity contribution in [3.8, 4) is 11.8 Å². The van der Waals surface area contributed by atoms with Crippen molar-refractivity contribution in [1.82, 2.24) is 0 Å². The van der Waals surface area contributed by atoms with Crippen LogP contribution in [0, 0.1) is 11.8 Å². The van der Waals surface area contributed by atoms with Gasteiger partial charge in [0.15, 0.2) is 0 Å². The number of unbranched alkanes of at least 4 members (excludes halogenated alkanes) is 1. The zero-order chi connectivity index (χ0) is 8.04. The van der Waals surface area contributed by atoms with E-state index in [4.69, 9.17) is 0 Å². The fourth-order valence-electron chi connectivity index (χ4n) is 0.405. The van der Waals surface area contributed by atoms with Crippen molar-refractivity contribution in [2.75, 3.05) is 0 Å². The number of hydrogen-bond donors (Lipinski definition) is 0. The van der Waals surface area contributed by atoms with Crippen LogP contribution in [0.15, 0.2) is 0 Å². The topological polar surface area (TPSA) is 0 Å². The average Bonchev–Trinajstić information content (AvgIpc) is 1.89. The molecule has 0 aromatic heterocycles. The van der Waals surface area contributed by atoms with E-state index >= 15 is 0 Å². The third-order valence-corrected chi connectivity index (χ3v) is 1.09. The van der Waals surface area contributed by atoms with Crippen LogP contribution in [0.5, 0.6) is 0 Å². The molecule has 58 valence electrons. The van der Waals surface area contributed by atoms with Crippen molar-refractivity contribution in [2.45, 2.75) is 39.0 Å². The minimum atomic E-state index is -2.77. The second-order valence-electron chi connectivity index (χ2n) is 2.11. The lowest BCUT2D eigenvalue weighted by molar-refractivity contribution is 0.0622. The van der Waals surface area contributed by atoms with Crippen LogP contribution in [-0.4, -0.2) is 5.92 Å². The quantitative estimate of drug-likeness (QED) is 0.525. The maximum absolute atomic E-state index is 12.3. The van der Waals surface area contributed by atoms with E-state index in [1.807, 2.05) is 12.8 Å². The summed E-state index contributed by atoms with van der Waals surface area (Å²) in [7, 11) is 0. The fraction of sp³-hybridized carbons (Fsp3) is 0.750. The number of rotatable bonds is 2. The van der Waals surface area contributed by atoms with Gasteiger partial charge in [-0.25, -0.2) is 0 Å². The molecule has 0 fully saturated rings. The van der Waals surface area contributed by atoms with Gasteiger partial charge in [-0.3, -0.25) is 0 Å². The van der Waals surface area contributed by atoms with E-state index in [2.05, 4.69) is 5.92 Å². The molecule has 0 aromatic rings. The molecule has 0 aliphatic heterocycles. The fourth-order valence-corrected chi connectivity index (χ4v) is 0.405. The molecule has 0 aliphatic carbocycles. The van der Waals surface area contributed by atoms with Gasteiger partial charge in [0.2, 0.25) is 0 Å².